The van der Waals surface area contributed by atoms with Crippen LogP contribution in [-0.4, -0.2) is 29.2 Å². The Kier molecular flexibility index (Phi) is 4.11. The van der Waals surface area contributed by atoms with Crippen LogP contribution >= 0.6 is 0 Å². The Morgan fingerprint density at radius 1 is 1.00 bits per heavy atom. The smallest absolute Gasteiger partial charge is 0.251 e. The van der Waals surface area contributed by atoms with Gasteiger partial charge in [-0.05, 0) is 37.6 Å². The van der Waals surface area contributed by atoms with Gasteiger partial charge in [0.25, 0.3) is 5.91 Å². The number of fused-ring (bicyclic) bond motifs is 2. The molecule has 1 aromatic heterocycles. The lowest BCUT2D eigenvalue weighted by Crippen LogP contribution is -2.46. The van der Waals surface area contributed by atoms with Gasteiger partial charge in [-0.25, -0.2) is 0 Å². The molecule has 2 aromatic carbocycles. The lowest BCUT2D eigenvalue weighted by Gasteiger charge is -2.44. The average Bonchev–Trinajstić information content (AvgIpc) is 2.69. The molecule has 0 bridgehead atoms. The van der Waals surface area contributed by atoms with Gasteiger partial charge in [-0.3, -0.25) is 14.8 Å². The third-order valence-electron chi connectivity index (χ3n) is 6.26. The highest BCUT2D eigenvalue weighted by Crippen LogP contribution is 2.43. The molecule has 0 atom stereocenters. The fraction of sp³-hybridized carbons (Fsp3) is 0.292. The Balaban J connectivity index is 1.97. The largest absolute Gasteiger partial charge is 0.355 e. The van der Waals surface area contributed by atoms with Crippen molar-refractivity contribution in [3.05, 3.63) is 77.0 Å². The maximum absolute atomic E-state index is 12.3. The minimum absolute atomic E-state index is 0.0846. The van der Waals surface area contributed by atoms with Crippen LogP contribution in [0.15, 0.2) is 59.7 Å². The molecule has 1 amide bonds. The van der Waals surface area contributed by atoms with Gasteiger partial charge >= 0.3 is 0 Å². The molecule has 4 rings (SSSR count). The number of pyridine rings is 1. The van der Waals surface area contributed by atoms with Crippen LogP contribution < -0.4 is 5.32 Å². The van der Waals surface area contributed by atoms with Crippen LogP contribution in [0.3, 0.4) is 0 Å². The fourth-order valence-corrected chi connectivity index (χ4v) is 3.89. The molecule has 4 heteroatoms. The first-order valence-corrected chi connectivity index (χ1v) is 9.57. The summed E-state index contributed by atoms with van der Waals surface area (Å²) in [5, 5.41) is 3.55. The Bertz CT molecular complexity index is 1130. The van der Waals surface area contributed by atoms with E-state index < -0.39 is 0 Å². The molecule has 2 heterocycles. The quantitative estimate of drug-likeness (QED) is 0.721. The van der Waals surface area contributed by atoms with E-state index in [-0.39, 0.29) is 16.9 Å². The number of aromatic nitrogens is 1. The second kappa shape index (κ2) is 6.26. The minimum Gasteiger partial charge on any atom is -0.355 e. The van der Waals surface area contributed by atoms with Gasteiger partial charge in [0.1, 0.15) is 0 Å². The molecule has 4 nitrogen and oxygen atoms in total. The van der Waals surface area contributed by atoms with Crippen molar-refractivity contribution < 1.29 is 4.79 Å². The molecule has 1 aliphatic rings. The van der Waals surface area contributed by atoms with Crippen LogP contribution in [0.1, 0.15) is 54.7 Å². The van der Waals surface area contributed by atoms with E-state index in [0.29, 0.717) is 5.56 Å². The van der Waals surface area contributed by atoms with Gasteiger partial charge in [0.05, 0.1) is 22.3 Å². The van der Waals surface area contributed by atoms with E-state index in [0.717, 1.165) is 27.7 Å². The molecule has 1 aliphatic heterocycles. The summed E-state index contributed by atoms with van der Waals surface area (Å²) >= 11 is 0. The van der Waals surface area contributed by atoms with Crippen molar-refractivity contribution in [2.75, 3.05) is 7.05 Å². The standard InChI is InChI=1S/C24H25N3O/c1-23(2)19-9-7-6-8-17(19)21(27-24(23,3)4)15-10-11-20-18(14-15)16(12-13-26-20)22(28)25-5/h6-14H,1-5H3,(H,25,28). The van der Waals surface area contributed by atoms with Crippen LogP contribution in [-0.2, 0) is 5.41 Å². The topological polar surface area (TPSA) is 54.4 Å². The number of aliphatic imine (C=N–C) groups is 1. The maximum atomic E-state index is 12.3. The zero-order chi connectivity index (χ0) is 20.1. The zero-order valence-corrected chi connectivity index (χ0v) is 17.0. The molecule has 142 valence electrons. The van der Waals surface area contributed by atoms with Crippen molar-refractivity contribution in [1.82, 2.24) is 10.3 Å². The fourth-order valence-electron chi connectivity index (χ4n) is 3.89. The summed E-state index contributed by atoms with van der Waals surface area (Å²) in [6.07, 6.45) is 1.67. The first-order chi connectivity index (χ1) is 13.3. The van der Waals surface area contributed by atoms with Crippen molar-refractivity contribution >= 4 is 22.5 Å². The van der Waals surface area contributed by atoms with E-state index in [2.05, 4.69) is 62.3 Å². The van der Waals surface area contributed by atoms with E-state index in [4.69, 9.17) is 4.99 Å². The summed E-state index contributed by atoms with van der Waals surface area (Å²) < 4.78 is 0. The highest BCUT2D eigenvalue weighted by atomic mass is 16.1. The van der Waals surface area contributed by atoms with Crippen LogP contribution in [0.25, 0.3) is 10.9 Å². The Morgan fingerprint density at radius 3 is 2.50 bits per heavy atom. The van der Waals surface area contributed by atoms with Gasteiger partial charge < -0.3 is 5.32 Å². The molecule has 0 unspecified atom stereocenters. The number of rotatable bonds is 2. The second-order valence-electron chi connectivity index (χ2n) is 8.36. The Hall–Kier alpha value is -3.01. The third kappa shape index (κ3) is 2.63. The van der Waals surface area contributed by atoms with Gasteiger partial charge in [0.2, 0.25) is 0 Å². The number of nitrogens with zero attached hydrogens (tertiary/aromatic N) is 2. The number of amides is 1. The number of carbonyl (C=O) groups is 1. The molecule has 0 radical (unpaired) electrons. The molecule has 1 N–H and O–H groups in total. The van der Waals surface area contributed by atoms with Crippen molar-refractivity contribution in [3.63, 3.8) is 0 Å². The normalized spacial score (nSPS) is 17.0. The zero-order valence-electron chi connectivity index (χ0n) is 17.0. The highest BCUT2D eigenvalue weighted by Gasteiger charge is 2.43. The van der Waals surface area contributed by atoms with E-state index in [1.807, 2.05) is 18.2 Å². The number of nitrogens with one attached hydrogen (secondary N) is 1. The summed E-state index contributed by atoms with van der Waals surface area (Å²) in [5.41, 5.74) is 5.49. The molecule has 3 aromatic rings. The molecule has 0 saturated carbocycles. The monoisotopic (exact) mass is 371 g/mol. The molecular formula is C24H25N3O. The predicted octanol–water partition coefficient (Wildman–Crippen LogP) is 4.50. The lowest BCUT2D eigenvalue weighted by atomic mass is 9.66. The van der Waals surface area contributed by atoms with Gasteiger partial charge in [0.15, 0.2) is 0 Å². The van der Waals surface area contributed by atoms with E-state index >= 15 is 0 Å². The minimum atomic E-state index is -0.260. The van der Waals surface area contributed by atoms with E-state index in [1.54, 1.807) is 19.3 Å². The number of benzene rings is 2. The van der Waals surface area contributed by atoms with Crippen LogP contribution in [0.2, 0.25) is 0 Å². The number of carbonyl (C=O) groups excluding carboxylic acids is 1. The molecule has 0 spiro atoms. The summed E-state index contributed by atoms with van der Waals surface area (Å²) in [6, 6.07) is 16.3. The first kappa shape index (κ1) is 18.4. The number of hydrogen-bond acceptors (Lipinski definition) is 3. The molecular weight excluding hydrogens is 346 g/mol. The van der Waals surface area contributed by atoms with Crippen molar-refractivity contribution in [2.24, 2.45) is 4.99 Å². The summed E-state index contributed by atoms with van der Waals surface area (Å²) in [6.45, 7) is 8.86. The van der Waals surface area contributed by atoms with Crippen LogP contribution in [0.5, 0.6) is 0 Å². The van der Waals surface area contributed by atoms with Gasteiger partial charge in [-0.2, -0.15) is 0 Å². The molecule has 0 saturated heterocycles. The van der Waals surface area contributed by atoms with Crippen molar-refractivity contribution in [3.8, 4) is 0 Å². The SMILES string of the molecule is CNC(=O)c1ccnc2ccc(C3=NC(C)(C)C(C)(C)c4ccccc43)cc12. The van der Waals surface area contributed by atoms with Crippen LogP contribution in [0.4, 0.5) is 0 Å². The van der Waals surface area contributed by atoms with Gasteiger partial charge in [-0.15, -0.1) is 0 Å². The highest BCUT2D eigenvalue weighted by molar-refractivity contribution is 6.17. The summed E-state index contributed by atoms with van der Waals surface area (Å²) in [7, 11) is 1.64. The average molecular weight is 371 g/mol. The van der Waals surface area contributed by atoms with Crippen molar-refractivity contribution in [1.29, 1.82) is 0 Å². The summed E-state index contributed by atoms with van der Waals surface area (Å²) in [4.78, 5) is 21.9. The lowest BCUT2D eigenvalue weighted by molar-refractivity contribution is 0.0964. The predicted molar refractivity (Wildman–Crippen MR) is 114 cm³/mol. The molecule has 0 fully saturated rings. The van der Waals surface area contributed by atoms with Crippen molar-refractivity contribution in [2.45, 2.75) is 38.6 Å². The first-order valence-electron chi connectivity index (χ1n) is 9.57. The number of hydrogen-bond donors (Lipinski definition) is 1. The third-order valence-corrected chi connectivity index (χ3v) is 6.26. The summed E-state index contributed by atoms with van der Waals surface area (Å²) in [5.74, 6) is -0.114. The van der Waals surface area contributed by atoms with E-state index in [1.165, 1.54) is 5.56 Å². The van der Waals surface area contributed by atoms with E-state index in [9.17, 15) is 4.79 Å². The maximum Gasteiger partial charge on any atom is 0.251 e. The van der Waals surface area contributed by atoms with Crippen LogP contribution in [0, 0.1) is 0 Å². The molecule has 0 aliphatic carbocycles. The molecule has 28 heavy (non-hydrogen) atoms. The second-order valence-corrected chi connectivity index (χ2v) is 8.36. The van der Waals surface area contributed by atoms with Gasteiger partial charge in [0, 0.05) is 35.2 Å². The Labute approximate surface area is 165 Å². The van der Waals surface area contributed by atoms with Gasteiger partial charge in [-0.1, -0.05) is 44.2 Å². The Morgan fingerprint density at radius 2 is 1.75 bits per heavy atom.